The molecule has 26 heavy (non-hydrogen) atoms. The Morgan fingerprint density at radius 2 is 1.92 bits per heavy atom. The largest absolute Gasteiger partial charge is 0.497 e. The number of benzene rings is 1. The van der Waals surface area contributed by atoms with Crippen molar-refractivity contribution in [1.29, 1.82) is 0 Å². The van der Waals surface area contributed by atoms with Crippen LogP contribution in [-0.2, 0) is 11.3 Å². The van der Waals surface area contributed by atoms with Gasteiger partial charge in [-0.25, -0.2) is 0 Å². The Labute approximate surface area is 175 Å². The summed E-state index contributed by atoms with van der Waals surface area (Å²) in [5.41, 5.74) is 1.61. The number of nitrogens with zero attached hydrogens (tertiary/aromatic N) is 2. The Balaban J connectivity index is 0.00000338. The molecule has 0 unspecified atom stereocenters. The summed E-state index contributed by atoms with van der Waals surface area (Å²) in [4.78, 5) is 7.09. The molecule has 0 saturated heterocycles. The lowest BCUT2D eigenvalue weighted by Crippen LogP contribution is -2.39. The molecule has 1 aliphatic rings. The Bertz CT molecular complexity index is 544. The fraction of sp³-hybridized carbons (Fsp3) is 0.650. The summed E-state index contributed by atoms with van der Waals surface area (Å²) in [6.07, 6.45) is 3.66. The Morgan fingerprint density at radius 1 is 1.23 bits per heavy atom. The minimum Gasteiger partial charge on any atom is -0.497 e. The maximum atomic E-state index is 5.52. The van der Waals surface area contributed by atoms with E-state index in [2.05, 4.69) is 43.2 Å². The lowest BCUT2D eigenvalue weighted by Gasteiger charge is -2.23. The van der Waals surface area contributed by atoms with Crippen LogP contribution in [0, 0.1) is 5.41 Å². The zero-order valence-electron chi connectivity index (χ0n) is 16.6. The SMILES string of the molecule is CCNC(=NCC1(CCOCC)CC1)N(C)Cc1ccc(OC)cc1.I. The molecule has 1 aliphatic carbocycles. The second kappa shape index (κ2) is 11.6. The van der Waals surface area contributed by atoms with Gasteiger partial charge in [0.1, 0.15) is 5.75 Å². The predicted molar refractivity (Wildman–Crippen MR) is 119 cm³/mol. The van der Waals surface area contributed by atoms with Crippen LogP contribution in [0.4, 0.5) is 0 Å². The maximum absolute atomic E-state index is 5.52. The number of hydrogen-bond acceptors (Lipinski definition) is 3. The van der Waals surface area contributed by atoms with Gasteiger partial charge in [-0.05, 0) is 56.2 Å². The smallest absolute Gasteiger partial charge is 0.193 e. The lowest BCUT2D eigenvalue weighted by molar-refractivity contribution is 0.129. The topological polar surface area (TPSA) is 46.1 Å². The van der Waals surface area contributed by atoms with Crippen LogP contribution in [0.1, 0.15) is 38.7 Å². The van der Waals surface area contributed by atoms with Crippen molar-refractivity contribution in [2.24, 2.45) is 10.4 Å². The van der Waals surface area contributed by atoms with Crippen molar-refractivity contribution in [2.45, 2.75) is 39.7 Å². The fourth-order valence-electron chi connectivity index (χ4n) is 2.89. The molecule has 0 aliphatic heterocycles. The molecule has 1 saturated carbocycles. The zero-order chi connectivity index (χ0) is 18.1. The van der Waals surface area contributed by atoms with Gasteiger partial charge in [-0.15, -0.1) is 24.0 Å². The highest BCUT2D eigenvalue weighted by atomic mass is 127. The van der Waals surface area contributed by atoms with Crippen LogP contribution in [0.3, 0.4) is 0 Å². The quantitative estimate of drug-likeness (QED) is 0.241. The molecule has 0 aromatic heterocycles. The summed E-state index contributed by atoms with van der Waals surface area (Å²) in [5, 5.41) is 3.41. The minimum absolute atomic E-state index is 0. The fourth-order valence-corrected chi connectivity index (χ4v) is 2.89. The summed E-state index contributed by atoms with van der Waals surface area (Å²) < 4.78 is 10.7. The average Bonchev–Trinajstić information content (AvgIpc) is 3.39. The van der Waals surface area contributed by atoms with E-state index < -0.39 is 0 Å². The van der Waals surface area contributed by atoms with E-state index in [0.717, 1.165) is 51.0 Å². The van der Waals surface area contributed by atoms with Gasteiger partial charge in [-0.2, -0.15) is 0 Å². The monoisotopic (exact) mass is 475 g/mol. The van der Waals surface area contributed by atoms with Crippen LogP contribution in [0.15, 0.2) is 29.3 Å². The molecule has 1 fully saturated rings. The molecular weight excluding hydrogens is 441 g/mol. The summed E-state index contributed by atoms with van der Waals surface area (Å²) >= 11 is 0. The molecule has 0 bridgehead atoms. The van der Waals surface area contributed by atoms with Gasteiger partial charge in [-0.3, -0.25) is 4.99 Å². The number of nitrogens with one attached hydrogen (secondary N) is 1. The summed E-state index contributed by atoms with van der Waals surface area (Å²) in [7, 11) is 3.78. The third-order valence-corrected chi connectivity index (χ3v) is 4.78. The number of ether oxygens (including phenoxy) is 2. The molecule has 0 heterocycles. The Morgan fingerprint density at radius 3 is 2.46 bits per heavy atom. The third-order valence-electron chi connectivity index (χ3n) is 4.78. The van der Waals surface area contributed by atoms with Crippen LogP contribution in [0.2, 0.25) is 0 Å². The number of guanidine groups is 1. The highest BCUT2D eigenvalue weighted by Gasteiger charge is 2.42. The molecule has 5 nitrogen and oxygen atoms in total. The van der Waals surface area contributed by atoms with Gasteiger partial charge >= 0.3 is 0 Å². The van der Waals surface area contributed by atoms with E-state index in [4.69, 9.17) is 14.5 Å². The molecule has 1 aromatic rings. The second-order valence-electron chi connectivity index (χ2n) is 6.82. The minimum atomic E-state index is 0. The van der Waals surface area contributed by atoms with E-state index in [1.807, 2.05) is 12.1 Å². The highest BCUT2D eigenvalue weighted by molar-refractivity contribution is 14.0. The molecule has 0 radical (unpaired) electrons. The normalized spacial score (nSPS) is 15.2. The van der Waals surface area contributed by atoms with E-state index in [9.17, 15) is 0 Å². The van der Waals surface area contributed by atoms with Crippen molar-refractivity contribution in [1.82, 2.24) is 10.2 Å². The summed E-state index contributed by atoms with van der Waals surface area (Å²) in [6.45, 7) is 8.39. The molecule has 148 valence electrons. The molecule has 6 heteroatoms. The van der Waals surface area contributed by atoms with Crippen molar-refractivity contribution in [3.63, 3.8) is 0 Å². The first-order valence-corrected chi connectivity index (χ1v) is 9.32. The van der Waals surface area contributed by atoms with Gasteiger partial charge in [0.2, 0.25) is 0 Å². The van der Waals surface area contributed by atoms with Gasteiger partial charge in [0.15, 0.2) is 5.96 Å². The first-order chi connectivity index (χ1) is 12.1. The van der Waals surface area contributed by atoms with E-state index in [-0.39, 0.29) is 24.0 Å². The molecule has 0 amide bonds. The molecule has 0 spiro atoms. The number of aliphatic imine (C=N–C) groups is 1. The molecule has 1 aromatic carbocycles. The van der Waals surface area contributed by atoms with Gasteiger partial charge in [-0.1, -0.05) is 12.1 Å². The van der Waals surface area contributed by atoms with E-state index in [0.29, 0.717) is 5.41 Å². The van der Waals surface area contributed by atoms with Crippen LogP contribution in [-0.4, -0.2) is 51.3 Å². The van der Waals surface area contributed by atoms with Crippen molar-refractivity contribution >= 4 is 29.9 Å². The second-order valence-corrected chi connectivity index (χ2v) is 6.82. The number of hydrogen-bond donors (Lipinski definition) is 1. The first-order valence-electron chi connectivity index (χ1n) is 9.32. The van der Waals surface area contributed by atoms with Crippen molar-refractivity contribution in [3.8, 4) is 5.75 Å². The molecule has 2 rings (SSSR count). The Kier molecular flexibility index (Phi) is 10.3. The number of rotatable bonds is 10. The zero-order valence-corrected chi connectivity index (χ0v) is 18.9. The van der Waals surface area contributed by atoms with Gasteiger partial charge in [0.05, 0.1) is 7.11 Å². The van der Waals surface area contributed by atoms with E-state index in [1.54, 1.807) is 7.11 Å². The third kappa shape index (κ3) is 7.31. The van der Waals surface area contributed by atoms with E-state index in [1.165, 1.54) is 18.4 Å². The molecular formula is C20H34IN3O2. The standard InChI is InChI=1S/C20H33N3O2.HI/c1-5-21-19(22-16-20(11-12-20)13-14-25-6-2)23(3)15-17-7-9-18(24-4)10-8-17;/h7-10H,5-6,11-16H2,1-4H3,(H,21,22);1H. The summed E-state index contributed by atoms with van der Waals surface area (Å²) in [6, 6.07) is 8.20. The van der Waals surface area contributed by atoms with Crippen molar-refractivity contribution in [2.75, 3.05) is 40.5 Å². The number of methoxy groups -OCH3 is 1. The lowest BCUT2D eigenvalue weighted by atomic mass is 10.0. The number of halogens is 1. The van der Waals surface area contributed by atoms with Crippen LogP contribution in [0.5, 0.6) is 5.75 Å². The van der Waals surface area contributed by atoms with E-state index >= 15 is 0 Å². The maximum Gasteiger partial charge on any atom is 0.193 e. The van der Waals surface area contributed by atoms with Crippen molar-refractivity contribution in [3.05, 3.63) is 29.8 Å². The van der Waals surface area contributed by atoms with Crippen LogP contribution < -0.4 is 10.1 Å². The highest BCUT2D eigenvalue weighted by Crippen LogP contribution is 2.49. The van der Waals surface area contributed by atoms with Crippen molar-refractivity contribution < 1.29 is 9.47 Å². The molecule has 1 N–H and O–H groups in total. The average molecular weight is 475 g/mol. The van der Waals surface area contributed by atoms with Crippen LogP contribution >= 0.6 is 24.0 Å². The first kappa shape index (κ1) is 23.0. The van der Waals surface area contributed by atoms with Gasteiger partial charge in [0.25, 0.3) is 0 Å². The van der Waals surface area contributed by atoms with Crippen LogP contribution in [0.25, 0.3) is 0 Å². The van der Waals surface area contributed by atoms with Gasteiger partial charge in [0, 0.05) is 39.9 Å². The Hall–Kier alpha value is -1.02. The molecule has 0 atom stereocenters. The predicted octanol–water partition coefficient (Wildman–Crippen LogP) is 3.92. The van der Waals surface area contributed by atoms with Gasteiger partial charge < -0.3 is 19.7 Å². The summed E-state index contributed by atoms with van der Waals surface area (Å²) in [5.74, 6) is 1.86.